The molecular weight excluding hydrogens is 358 g/mol. The first kappa shape index (κ1) is 17.3. The molecule has 8 heteroatoms. The number of rotatable bonds is 0. The maximum Gasteiger partial charge on any atom is 0.407 e. The van der Waals surface area contributed by atoms with Gasteiger partial charge in [-0.3, -0.25) is 5.10 Å². The number of nitrogens with one attached hydrogen (secondary N) is 3. The SMILES string of the molecule is O=C1NCC2CC(COc3cc(ccn3)Nc3cc([nH]n3)[C@H]3CC[C@H](C3)O1)C2. The molecule has 0 unspecified atom stereocenters. The van der Waals surface area contributed by atoms with Crippen molar-refractivity contribution in [1.82, 2.24) is 20.5 Å². The maximum atomic E-state index is 12.1. The van der Waals surface area contributed by atoms with Gasteiger partial charge in [0.15, 0.2) is 5.82 Å². The Balaban J connectivity index is 1.34. The standard InChI is InChI=1S/C20H25N5O3/c26-20-22-10-12-5-13(6-12)11-27-19-8-15(3-4-21-19)23-18-9-17(24-25-18)14-1-2-16(7-14)28-20/h3-4,8-9,12-14,16H,1-2,5-7,10-11H2,(H,22,26)(H2,23,24,25)/t12?,13?,14-,16+/m0/s1. The molecule has 2 aliphatic heterocycles. The van der Waals surface area contributed by atoms with Crippen LogP contribution in [-0.2, 0) is 4.74 Å². The monoisotopic (exact) mass is 383 g/mol. The van der Waals surface area contributed by atoms with Gasteiger partial charge in [0.1, 0.15) is 6.10 Å². The Labute approximate surface area is 163 Å². The maximum absolute atomic E-state index is 12.1. The third-order valence-electron chi connectivity index (χ3n) is 6.04. The summed E-state index contributed by atoms with van der Waals surface area (Å²) >= 11 is 0. The number of carbonyl (C=O) groups is 1. The summed E-state index contributed by atoms with van der Waals surface area (Å²) in [5.74, 6) is 2.71. The van der Waals surface area contributed by atoms with Gasteiger partial charge in [-0.1, -0.05) is 0 Å². The summed E-state index contributed by atoms with van der Waals surface area (Å²) in [6, 6.07) is 5.83. The van der Waals surface area contributed by atoms with Crippen molar-refractivity contribution >= 4 is 17.6 Å². The minimum absolute atomic E-state index is 0.0305. The third-order valence-corrected chi connectivity index (χ3v) is 6.04. The molecule has 3 N–H and O–H groups in total. The van der Waals surface area contributed by atoms with E-state index in [-0.39, 0.29) is 12.2 Å². The van der Waals surface area contributed by atoms with Crippen molar-refractivity contribution in [3.8, 4) is 5.88 Å². The highest BCUT2D eigenvalue weighted by Gasteiger charge is 2.32. The summed E-state index contributed by atoms with van der Waals surface area (Å²) in [6.45, 7) is 1.32. The molecule has 1 amide bonds. The third kappa shape index (κ3) is 3.76. The molecule has 2 atom stereocenters. The van der Waals surface area contributed by atoms with Crippen LogP contribution in [0.5, 0.6) is 5.88 Å². The zero-order valence-electron chi connectivity index (χ0n) is 15.7. The molecule has 2 aliphatic carbocycles. The van der Waals surface area contributed by atoms with Gasteiger partial charge < -0.3 is 20.1 Å². The Morgan fingerprint density at radius 3 is 2.96 bits per heavy atom. The van der Waals surface area contributed by atoms with E-state index in [1.807, 2.05) is 18.2 Å². The molecule has 2 aromatic rings. The topological polar surface area (TPSA) is 101 Å². The number of H-pyrrole nitrogens is 1. The fourth-order valence-electron chi connectivity index (χ4n) is 4.45. The first-order valence-electron chi connectivity index (χ1n) is 10.1. The Morgan fingerprint density at radius 1 is 1.11 bits per heavy atom. The lowest BCUT2D eigenvalue weighted by Gasteiger charge is -2.35. The van der Waals surface area contributed by atoms with Crippen molar-refractivity contribution < 1.29 is 14.3 Å². The van der Waals surface area contributed by atoms with Gasteiger partial charge in [0.2, 0.25) is 5.88 Å². The average molecular weight is 383 g/mol. The molecular formula is C20H25N5O3. The van der Waals surface area contributed by atoms with Gasteiger partial charge in [-0.25, -0.2) is 9.78 Å². The van der Waals surface area contributed by atoms with Gasteiger partial charge in [0.05, 0.1) is 6.61 Å². The first-order chi connectivity index (χ1) is 13.7. The van der Waals surface area contributed by atoms with Crippen molar-refractivity contribution in [2.45, 2.75) is 44.1 Å². The van der Waals surface area contributed by atoms with Gasteiger partial charge in [-0.2, -0.15) is 5.10 Å². The molecule has 0 saturated heterocycles. The zero-order valence-corrected chi connectivity index (χ0v) is 15.7. The van der Waals surface area contributed by atoms with E-state index >= 15 is 0 Å². The van der Waals surface area contributed by atoms with E-state index in [1.54, 1.807) is 6.20 Å². The minimum atomic E-state index is -0.296. The fourth-order valence-corrected chi connectivity index (χ4v) is 4.45. The van der Waals surface area contributed by atoms with Crippen LogP contribution in [0.25, 0.3) is 0 Å². The van der Waals surface area contributed by atoms with Crippen LogP contribution in [0, 0.1) is 11.8 Å². The molecule has 8 nitrogen and oxygen atoms in total. The van der Waals surface area contributed by atoms with Crippen LogP contribution in [0.2, 0.25) is 0 Å². The van der Waals surface area contributed by atoms with E-state index in [4.69, 9.17) is 9.47 Å². The molecule has 8 bridgehead atoms. The Morgan fingerprint density at radius 2 is 2.04 bits per heavy atom. The minimum Gasteiger partial charge on any atom is -0.477 e. The van der Waals surface area contributed by atoms with Crippen LogP contribution in [0.3, 0.4) is 0 Å². The van der Waals surface area contributed by atoms with Crippen LogP contribution in [-0.4, -0.2) is 40.5 Å². The van der Waals surface area contributed by atoms with Crippen LogP contribution in [0.4, 0.5) is 16.3 Å². The van der Waals surface area contributed by atoms with Crippen molar-refractivity contribution in [1.29, 1.82) is 0 Å². The summed E-state index contributed by atoms with van der Waals surface area (Å²) in [6.07, 6.45) is 6.22. The second-order valence-corrected chi connectivity index (χ2v) is 8.15. The molecule has 2 aromatic heterocycles. The van der Waals surface area contributed by atoms with E-state index in [9.17, 15) is 4.79 Å². The summed E-state index contributed by atoms with van der Waals surface area (Å²) in [7, 11) is 0. The average Bonchev–Trinajstić information content (AvgIpc) is 3.29. The predicted molar refractivity (Wildman–Crippen MR) is 103 cm³/mol. The molecule has 148 valence electrons. The van der Waals surface area contributed by atoms with E-state index in [0.29, 0.717) is 36.8 Å². The molecule has 2 saturated carbocycles. The van der Waals surface area contributed by atoms with Gasteiger partial charge >= 0.3 is 6.09 Å². The molecule has 28 heavy (non-hydrogen) atoms. The van der Waals surface area contributed by atoms with E-state index < -0.39 is 0 Å². The molecule has 4 heterocycles. The second kappa shape index (κ2) is 7.33. The number of ether oxygens (including phenoxy) is 2. The van der Waals surface area contributed by atoms with Crippen LogP contribution >= 0.6 is 0 Å². The number of fused-ring (bicyclic) bond motifs is 4. The van der Waals surface area contributed by atoms with Crippen molar-refractivity contribution in [3.63, 3.8) is 0 Å². The van der Waals surface area contributed by atoms with Gasteiger partial charge in [-0.05, 0) is 50.0 Å². The Bertz CT molecular complexity index is 848. The number of alkyl carbamates (subject to hydrolysis) is 1. The second-order valence-electron chi connectivity index (χ2n) is 8.15. The number of nitrogens with zero attached hydrogens (tertiary/aromatic N) is 2. The number of anilines is 2. The molecule has 2 fully saturated rings. The zero-order chi connectivity index (χ0) is 18.9. The van der Waals surface area contributed by atoms with Crippen LogP contribution < -0.4 is 15.4 Å². The molecule has 6 rings (SSSR count). The summed E-state index contributed by atoms with van der Waals surface area (Å²) < 4.78 is 11.5. The van der Waals surface area contributed by atoms with Crippen LogP contribution in [0.1, 0.15) is 43.7 Å². The Hall–Kier alpha value is -2.77. The van der Waals surface area contributed by atoms with E-state index in [0.717, 1.165) is 49.3 Å². The van der Waals surface area contributed by atoms with Gasteiger partial charge in [0, 0.05) is 42.2 Å². The number of pyridine rings is 1. The molecule has 0 spiro atoms. The van der Waals surface area contributed by atoms with E-state index in [2.05, 4.69) is 25.8 Å². The van der Waals surface area contributed by atoms with Gasteiger partial charge in [0.25, 0.3) is 0 Å². The molecule has 0 aromatic carbocycles. The number of hydrogen-bond acceptors (Lipinski definition) is 6. The largest absolute Gasteiger partial charge is 0.477 e. The normalized spacial score (nSPS) is 29.6. The van der Waals surface area contributed by atoms with Crippen molar-refractivity contribution in [3.05, 3.63) is 30.1 Å². The lowest BCUT2D eigenvalue weighted by molar-refractivity contribution is 0.0880. The highest BCUT2D eigenvalue weighted by molar-refractivity contribution is 5.67. The van der Waals surface area contributed by atoms with Crippen LogP contribution in [0.15, 0.2) is 24.4 Å². The molecule has 0 radical (unpaired) electrons. The van der Waals surface area contributed by atoms with Gasteiger partial charge in [-0.15, -0.1) is 0 Å². The lowest BCUT2D eigenvalue weighted by Crippen LogP contribution is -2.39. The van der Waals surface area contributed by atoms with Crippen molar-refractivity contribution in [2.75, 3.05) is 18.5 Å². The highest BCUT2D eigenvalue weighted by atomic mass is 16.6. The summed E-state index contributed by atoms with van der Waals surface area (Å²) in [5.41, 5.74) is 1.97. The Kier molecular flexibility index (Phi) is 4.54. The smallest absolute Gasteiger partial charge is 0.407 e. The number of amides is 1. The summed E-state index contributed by atoms with van der Waals surface area (Å²) in [5, 5.41) is 13.7. The number of hydrogen-bond donors (Lipinski definition) is 3. The fraction of sp³-hybridized carbons (Fsp3) is 0.550. The number of aromatic nitrogens is 3. The van der Waals surface area contributed by atoms with Crippen molar-refractivity contribution in [2.24, 2.45) is 11.8 Å². The summed E-state index contributed by atoms with van der Waals surface area (Å²) in [4.78, 5) is 16.4. The highest BCUT2D eigenvalue weighted by Crippen LogP contribution is 2.37. The first-order valence-corrected chi connectivity index (χ1v) is 10.1. The number of aromatic amines is 1. The van der Waals surface area contributed by atoms with E-state index in [1.165, 1.54) is 0 Å². The predicted octanol–water partition coefficient (Wildman–Crippen LogP) is 3.33. The molecule has 4 aliphatic rings. The number of carbonyl (C=O) groups excluding carboxylic acids is 1. The quantitative estimate of drug-likeness (QED) is 0.645. The lowest BCUT2D eigenvalue weighted by atomic mass is 9.75.